The van der Waals surface area contributed by atoms with E-state index in [-0.39, 0.29) is 5.75 Å². The Hall–Kier alpha value is -1.96. The molecule has 0 bridgehead atoms. The molecule has 0 saturated heterocycles. The van der Waals surface area contributed by atoms with Crippen LogP contribution in [0.25, 0.3) is 5.57 Å². The highest BCUT2D eigenvalue weighted by Crippen LogP contribution is 2.26. The fraction of sp³-hybridized carbons (Fsp3) is 0.250. The zero-order chi connectivity index (χ0) is 19.4. The molecule has 0 spiro atoms. The maximum Gasteiger partial charge on any atom is 0.179 e. The van der Waals surface area contributed by atoms with Crippen LogP contribution in [-0.2, 0) is 9.84 Å². The second kappa shape index (κ2) is 8.37. The van der Waals surface area contributed by atoms with E-state index in [1.807, 2.05) is 43.5 Å². The van der Waals surface area contributed by atoms with E-state index in [2.05, 4.69) is 32.3 Å². The summed E-state index contributed by atoms with van der Waals surface area (Å²) in [5, 5.41) is 3.25. The second-order valence-corrected chi connectivity index (χ2v) is 9.69. The van der Waals surface area contributed by atoms with Gasteiger partial charge in [0.15, 0.2) is 9.84 Å². The average Bonchev–Trinajstić information content (AvgIpc) is 2.65. The van der Waals surface area contributed by atoms with Gasteiger partial charge in [-0.1, -0.05) is 22.0 Å². The number of nitrogens with one attached hydrogen (secondary N) is 1. The zero-order valence-electron chi connectivity index (χ0n) is 15.3. The van der Waals surface area contributed by atoms with Crippen LogP contribution < -0.4 is 5.32 Å². The number of hydrogen-bond donors (Lipinski definition) is 1. The topological polar surface area (TPSA) is 61.8 Å². The molecule has 0 fully saturated rings. The van der Waals surface area contributed by atoms with Crippen LogP contribution in [0.15, 0.2) is 63.0 Å². The second-order valence-electron chi connectivity index (χ2n) is 6.66. The Kier molecular flexibility index (Phi) is 6.14. The number of halogens is 1. The maximum atomic E-state index is 12.3. The van der Waals surface area contributed by atoms with Gasteiger partial charge >= 0.3 is 0 Å². The van der Waals surface area contributed by atoms with Crippen molar-refractivity contribution < 1.29 is 8.42 Å². The first kappa shape index (κ1) is 19.8. The van der Waals surface area contributed by atoms with Crippen LogP contribution in [-0.4, -0.2) is 52.5 Å². The molecule has 27 heavy (non-hydrogen) atoms. The third-order valence-electron chi connectivity index (χ3n) is 4.29. The Bertz CT molecular complexity index is 981. The smallest absolute Gasteiger partial charge is 0.179 e. The van der Waals surface area contributed by atoms with E-state index in [4.69, 9.17) is 0 Å². The predicted octanol–water partition coefficient (Wildman–Crippen LogP) is 3.67. The van der Waals surface area contributed by atoms with E-state index in [0.29, 0.717) is 18.0 Å². The Morgan fingerprint density at radius 2 is 1.93 bits per heavy atom. The van der Waals surface area contributed by atoms with Gasteiger partial charge < -0.3 is 10.2 Å². The molecule has 2 aromatic carbocycles. The highest BCUT2D eigenvalue weighted by atomic mass is 79.9. The Labute approximate surface area is 168 Å². The van der Waals surface area contributed by atoms with Crippen molar-refractivity contribution in [2.45, 2.75) is 4.90 Å². The molecule has 2 aromatic rings. The number of aliphatic imine (C=N–C) groups is 1. The SMILES string of the molecule is CN(C)CCS(=O)(=O)c1ccc(N/C=C2\CN=Cc3ccc(Br)cc32)cc1. The first-order valence-electron chi connectivity index (χ1n) is 8.58. The summed E-state index contributed by atoms with van der Waals surface area (Å²) in [7, 11) is 0.465. The van der Waals surface area contributed by atoms with Gasteiger partial charge in [-0.05, 0) is 67.2 Å². The van der Waals surface area contributed by atoms with Crippen LogP contribution in [0.4, 0.5) is 5.69 Å². The van der Waals surface area contributed by atoms with Crippen LogP contribution in [0.1, 0.15) is 11.1 Å². The molecule has 7 heteroatoms. The summed E-state index contributed by atoms with van der Waals surface area (Å²) in [5.41, 5.74) is 4.13. The largest absolute Gasteiger partial charge is 0.361 e. The Morgan fingerprint density at radius 1 is 1.19 bits per heavy atom. The van der Waals surface area contributed by atoms with Crippen molar-refractivity contribution in [3.8, 4) is 0 Å². The highest BCUT2D eigenvalue weighted by Gasteiger charge is 2.15. The molecule has 3 rings (SSSR count). The lowest BCUT2D eigenvalue weighted by Crippen LogP contribution is -2.21. The van der Waals surface area contributed by atoms with E-state index in [9.17, 15) is 8.42 Å². The lowest BCUT2D eigenvalue weighted by atomic mass is 9.99. The monoisotopic (exact) mass is 447 g/mol. The van der Waals surface area contributed by atoms with Gasteiger partial charge in [-0.15, -0.1) is 0 Å². The third-order valence-corrected chi connectivity index (χ3v) is 6.49. The summed E-state index contributed by atoms with van der Waals surface area (Å²) in [6.07, 6.45) is 3.81. The summed E-state index contributed by atoms with van der Waals surface area (Å²) in [5.74, 6) is 0.112. The minimum Gasteiger partial charge on any atom is -0.361 e. The molecule has 0 unspecified atom stereocenters. The van der Waals surface area contributed by atoms with E-state index in [0.717, 1.165) is 26.9 Å². The van der Waals surface area contributed by atoms with Gasteiger partial charge in [0.25, 0.3) is 0 Å². The molecule has 1 heterocycles. The number of rotatable bonds is 6. The number of fused-ring (bicyclic) bond motifs is 1. The highest BCUT2D eigenvalue weighted by molar-refractivity contribution is 9.10. The average molecular weight is 448 g/mol. The first-order valence-corrected chi connectivity index (χ1v) is 11.0. The summed E-state index contributed by atoms with van der Waals surface area (Å²) < 4.78 is 25.7. The van der Waals surface area contributed by atoms with E-state index < -0.39 is 9.84 Å². The van der Waals surface area contributed by atoms with Gasteiger partial charge in [0.2, 0.25) is 0 Å². The molecule has 1 aliphatic rings. The van der Waals surface area contributed by atoms with Gasteiger partial charge in [0.1, 0.15) is 0 Å². The fourth-order valence-corrected chi connectivity index (χ4v) is 4.47. The predicted molar refractivity (Wildman–Crippen MR) is 115 cm³/mol. The molecule has 5 nitrogen and oxygen atoms in total. The molecule has 0 radical (unpaired) electrons. The van der Waals surface area contributed by atoms with E-state index >= 15 is 0 Å². The molecule has 0 saturated carbocycles. The number of hydrogen-bond acceptors (Lipinski definition) is 5. The van der Waals surface area contributed by atoms with Crippen LogP contribution in [0.3, 0.4) is 0 Å². The zero-order valence-corrected chi connectivity index (χ0v) is 17.7. The minimum atomic E-state index is -3.26. The molecular formula is C20H22BrN3O2S. The quantitative estimate of drug-likeness (QED) is 0.733. The molecule has 0 aliphatic carbocycles. The van der Waals surface area contributed by atoms with Gasteiger partial charge in [-0.2, -0.15) is 0 Å². The van der Waals surface area contributed by atoms with Crippen molar-refractivity contribution in [2.75, 3.05) is 38.3 Å². The maximum absolute atomic E-state index is 12.3. The number of anilines is 1. The number of benzene rings is 2. The normalized spacial score (nSPS) is 15.2. The van der Waals surface area contributed by atoms with Crippen molar-refractivity contribution in [3.05, 3.63) is 64.3 Å². The third kappa shape index (κ3) is 5.06. The van der Waals surface area contributed by atoms with Crippen LogP contribution >= 0.6 is 15.9 Å². The van der Waals surface area contributed by atoms with Gasteiger partial charge in [-0.3, -0.25) is 4.99 Å². The van der Waals surface area contributed by atoms with Crippen LogP contribution in [0.2, 0.25) is 0 Å². The van der Waals surface area contributed by atoms with Crippen molar-refractivity contribution in [1.29, 1.82) is 0 Å². The lowest BCUT2D eigenvalue weighted by Gasteiger charge is -2.15. The standard InChI is InChI=1S/C20H22BrN3O2S/c1-24(2)9-10-27(25,26)19-7-5-18(6-8-19)23-14-16-13-22-12-15-3-4-17(21)11-20(15)16/h3-8,11-12,14,23H,9-10,13H2,1-2H3/b16-14+. The first-order chi connectivity index (χ1) is 12.8. The molecule has 0 amide bonds. The summed E-state index contributed by atoms with van der Waals surface area (Å²) in [6.45, 7) is 1.11. The fourth-order valence-electron chi connectivity index (χ4n) is 2.72. The molecule has 0 atom stereocenters. The van der Waals surface area contributed by atoms with Gasteiger partial charge in [0, 0.05) is 29.1 Å². The van der Waals surface area contributed by atoms with Crippen molar-refractivity contribution >= 4 is 43.2 Å². The van der Waals surface area contributed by atoms with E-state index in [1.54, 1.807) is 24.3 Å². The Morgan fingerprint density at radius 3 is 2.63 bits per heavy atom. The van der Waals surface area contributed by atoms with Crippen molar-refractivity contribution in [1.82, 2.24) is 4.90 Å². The molecule has 1 N–H and O–H groups in total. The lowest BCUT2D eigenvalue weighted by molar-refractivity contribution is 0.432. The van der Waals surface area contributed by atoms with Crippen LogP contribution in [0.5, 0.6) is 0 Å². The van der Waals surface area contributed by atoms with Crippen molar-refractivity contribution in [3.63, 3.8) is 0 Å². The molecule has 1 aliphatic heterocycles. The van der Waals surface area contributed by atoms with Gasteiger partial charge in [-0.25, -0.2) is 8.42 Å². The summed E-state index contributed by atoms with van der Waals surface area (Å²) in [4.78, 5) is 6.60. The van der Waals surface area contributed by atoms with Crippen molar-refractivity contribution in [2.24, 2.45) is 4.99 Å². The molecule has 0 aromatic heterocycles. The molecule has 142 valence electrons. The minimum absolute atomic E-state index is 0.112. The van der Waals surface area contributed by atoms with E-state index in [1.165, 1.54) is 0 Å². The summed E-state index contributed by atoms with van der Waals surface area (Å²) >= 11 is 3.51. The number of sulfone groups is 1. The van der Waals surface area contributed by atoms with Crippen LogP contribution in [0, 0.1) is 0 Å². The Balaban J connectivity index is 1.74. The summed E-state index contributed by atoms with van der Waals surface area (Å²) in [6, 6.07) is 13.0. The number of nitrogens with zero attached hydrogens (tertiary/aromatic N) is 2. The van der Waals surface area contributed by atoms with Gasteiger partial charge in [0.05, 0.1) is 17.2 Å². The molecular weight excluding hydrogens is 426 g/mol.